The van der Waals surface area contributed by atoms with Crippen molar-refractivity contribution in [3.63, 3.8) is 0 Å². The standard InChI is InChI=1S/C15H18N2O/c1-3-9-16-15-11-13(8-10-17-15)18-14-7-5-4-6-12(14)2/h4-8,10-11H,3,9H2,1-2H3,(H,16,17). The summed E-state index contributed by atoms with van der Waals surface area (Å²) in [5, 5.41) is 3.24. The monoisotopic (exact) mass is 242 g/mol. The minimum atomic E-state index is 0.804. The lowest BCUT2D eigenvalue weighted by Gasteiger charge is -2.10. The molecule has 0 radical (unpaired) electrons. The summed E-state index contributed by atoms with van der Waals surface area (Å²) < 4.78 is 5.85. The first kappa shape index (κ1) is 12.4. The number of benzene rings is 1. The lowest BCUT2D eigenvalue weighted by molar-refractivity contribution is 0.478. The Balaban J connectivity index is 2.12. The summed E-state index contributed by atoms with van der Waals surface area (Å²) >= 11 is 0. The van der Waals surface area contributed by atoms with Crippen molar-refractivity contribution in [2.24, 2.45) is 0 Å². The van der Waals surface area contributed by atoms with Crippen LogP contribution in [-0.2, 0) is 0 Å². The zero-order valence-corrected chi connectivity index (χ0v) is 10.8. The first-order chi connectivity index (χ1) is 8.79. The number of aromatic nitrogens is 1. The Kier molecular flexibility index (Phi) is 4.18. The molecule has 1 aromatic heterocycles. The van der Waals surface area contributed by atoms with Gasteiger partial charge in [0, 0.05) is 18.8 Å². The summed E-state index contributed by atoms with van der Waals surface area (Å²) in [7, 11) is 0. The number of ether oxygens (including phenoxy) is 1. The number of rotatable bonds is 5. The first-order valence-corrected chi connectivity index (χ1v) is 6.23. The van der Waals surface area contributed by atoms with E-state index in [9.17, 15) is 0 Å². The van der Waals surface area contributed by atoms with Crippen molar-refractivity contribution in [1.82, 2.24) is 4.98 Å². The summed E-state index contributed by atoms with van der Waals surface area (Å²) in [4.78, 5) is 4.25. The summed E-state index contributed by atoms with van der Waals surface area (Å²) in [6.07, 6.45) is 2.83. The number of nitrogens with zero attached hydrogens (tertiary/aromatic N) is 1. The van der Waals surface area contributed by atoms with Crippen molar-refractivity contribution < 1.29 is 4.74 Å². The van der Waals surface area contributed by atoms with Crippen LogP contribution in [0.3, 0.4) is 0 Å². The molecule has 0 unspecified atom stereocenters. The molecular weight excluding hydrogens is 224 g/mol. The maximum atomic E-state index is 5.85. The second kappa shape index (κ2) is 6.05. The van der Waals surface area contributed by atoms with Crippen LogP contribution in [0, 0.1) is 6.92 Å². The largest absolute Gasteiger partial charge is 0.457 e. The van der Waals surface area contributed by atoms with Crippen molar-refractivity contribution in [3.05, 3.63) is 48.2 Å². The fraction of sp³-hybridized carbons (Fsp3) is 0.267. The van der Waals surface area contributed by atoms with Crippen LogP contribution in [0.4, 0.5) is 5.82 Å². The Morgan fingerprint density at radius 3 is 2.83 bits per heavy atom. The maximum Gasteiger partial charge on any atom is 0.132 e. The van der Waals surface area contributed by atoms with Crippen LogP contribution in [0.2, 0.25) is 0 Å². The summed E-state index contributed by atoms with van der Waals surface area (Å²) in [5.74, 6) is 2.53. The van der Waals surface area contributed by atoms with E-state index in [0.717, 1.165) is 35.8 Å². The lowest BCUT2D eigenvalue weighted by Crippen LogP contribution is -2.01. The van der Waals surface area contributed by atoms with E-state index < -0.39 is 0 Å². The van der Waals surface area contributed by atoms with Crippen molar-refractivity contribution in [1.29, 1.82) is 0 Å². The molecule has 0 aliphatic heterocycles. The highest BCUT2D eigenvalue weighted by Crippen LogP contribution is 2.25. The topological polar surface area (TPSA) is 34.1 Å². The van der Waals surface area contributed by atoms with Crippen molar-refractivity contribution in [3.8, 4) is 11.5 Å². The molecule has 0 spiro atoms. The smallest absolute Gasteiger partial charge is 0.132 e. The number of para-hydroxylation sites is 1. The molecule has 2 rings (SSSR count). The van der Waals surface area contributed by atoms with Gasteiger partial charge in [-0.1, -0.05) is 25.1 Å². The minimum Gasteiger partial charge on any atom is -0.457 e. The van der Waals surface area contributed by atoms with E-state index in [4.69, 9.17) is 4.74 Å². The van der Waals surface area contributed by atoms with Crippen LogP contribution in [0.25, 0.3) is 0 Å². The molecule has 3 nitrogen and oxygen atoms in total. The van der Waals surface area contributed by atoms with E-state index in [1.54, 1.807) is 6.20 Å². The van der Waals surface area contributed by atoms with E-state index in [-0.39, 0.29) is 0 Å². The van der Waals surface area contributed by atoms with E-state index in [0.29, 0.717) is 0 Å². The van der Waals surface area contributed by atoms with Gasteiger partial charge in [-0.15, -0.1) is 0 Å². The Morgan fingerprint density at radius 2 is 2.06 bits per heavy atom. The molecule has 2 aromatic rings. The number of pyridine rings is 1. The molecule has 1 heterocycles. The third-order valence-electron chi connectivity index (χ3n) is 2.61. The van der Waals surface area contributed by atoms with Gasteiger partial charge in [0.1, 0.15) is 17.3 Å². The summed E-state index contributed by atoms with van der Waals surface area (Å²) in [6.45, 7) is 5.08. The molecule has 1 N–H and O–H groups in total. The third kappa shape index (κ3) is 3.23. The van der Waals surface area contributed by atoms with Gasteiger partial charge in [0.05, 0.1) is 0 Å². The second-order valence-electron chi connectivity index (χ2n) is 4.17. The number of hydrogen-bond acceptors (Lipinski definition) is 3. The van der Waals surface area contributed by atoms with Crippen molar-refractivity contribution in [2.75, 3.05) is 11.9 Å². The van der Waals surface area contributed by atoms with Gasteiger partial charge in [-0.2, -0.15) is 0 Å². The molecule has 18 heavy (non-hydrogen) atoms. The average molecular weight is 242 g/mol. The van der Waals surface area contributed by atoms with Crippen molar-refractivity contribution >= 4 is 5.82 Å². The Morgan fingerprint density at radius 1 is 1.22 bits per heavy atom. The van der Waals surface area contributed by atoms with Crippen molar-refractivity contribution in [2.45, 2.75) is 20.3 Å². The lowest BCUT2D eigenvalue weighted by atomic mass is 10.2. The van der Waals surface area contributed by atoms with Crippen LogP contribution in [0.5, 0.6) is 11.5 Å². The van der Waals surface area contributed by atoms with Gasteiger partial charge in [0.15, 0.2) is 0 Å². The summed E-state index contributed by atoms with van der Waals surface area (Å²) in [6, 6.07) is 11.8. The van der Waals surface area contributed by atoms with E-state index >= 15 is 0 Å². The third-order valence-corrected chi connectivity index (χ3v) is 2.61. The van der Waals surface area contributed by atoms with Gasteiger partial charge in [-0.3, -0.25) is 0 Å². The van der Waals surface area contributed by atoms with Gasteiger partial charge < -0.3 is 10.1 Å². The highest BCUT2D eigenvalue weighted by atomic mass is 16.5. The van der Waals surface area contributed by atoms with Gasteiger partial charge in [0.2, 0.25) is 0 Å². The Hall–Kier alpha value is -2.03. The number of anilines is 1. The average Bonchev–Trinajstić information content (AvgIpc) is 2.40. The minimum absolute atomic E-state index is 0.804. The molecule has 0 amide bonds. The van der Waals surface area contributed by atoms with E-state index in [1.807, 2.05) is 43.3 Å². The molecular formula is C15H18N2O. The van der Waals surface area contributed by atoms with Gasteiger partial charge >= 0.3 is 0 Å². The molecule has 1 aromatic carbocycles. The molecule has 0 fully saturated rings. The fourth-order valence-corrected chi connectivity index (χ4v) is 1.62. The number of nitrogens with one attached hydrogen (secondary N) is 1. The number of hydrogen-bond donors (Lipinski definition) is 1. The second-order valence-corrected chi connectivity index (χ2v) is 4.17. The summed E-state index contributed by atoms with van der Waals surface area (Å²) in [5.41, 5.74) is 1.12. The molecule has 94 valence electrons. The Labute approximate surface area is 108 Å². The highest BCUT2D eigenvalue weighted by molar-refractivity contribution is 5.43. The van der Waals surface area contributed by atoms with Gasteiger partial charge in [0.25, 0.3) is 0 Å². The van der Waals surface area contributed by atoms with E-state index in [2.05, 4.69) is 17.2 Å². The zero-order chi connectivity index (χ0) is 12.8. The van der Waals surface area contributed by atoms with Crippen LogP contribution in [0.15, 0.2) is 42.6 Å². The van der Waals surface area contributed by atoms with Crippen LogP contribution < -0.4 is 10.1 Å². The van der Waals surface area contributed by atoms with Crippen LogP contribution >= 0.6 is 0 Å². The predicted octanol–water partition coefficient (Wildman–Crippen LogP) is 4.00. The molecule has 3 heteroatoms. The normalized spacial score (nSPS) is 10.1. The molecule has 0 bridgehead atoms. The predicted molar refractivity (Wildman–Crippen MR) is 74.3 cm³/mol. The zero-order valence-electron chi connectivity index (χ0n) is 10.8. The quantitative estimate of drug-likeness (QED) is 0.860. The molecule has 0 aliphatic rings. The Bertz CT molecular complexity index is 511. The van der Waals surface area contributed by atoms with Gasteiger partial charge in [-0.05, 0) is 31.0 Å². The highest BCUT2D eigenvalue weighted by Gasteiger charge is 2.01. The van der Waals surface area contributed by atoms with Gasteiger partial charge in [-0.25, -0.2) is 4.98 Å². The number of aryl methyl sites for hydroxylation is 1. The molecule has 0 atom stereocenters. The molecule has 0 saturated carbocycles. The van der Waals surface area contributed by atoms with Crippen LogP contribution in [0.1, 0.15) is 18.9 Å². The molecule has 0 aliphatic carbocycles. The molecule has 0 saturated heterocycles. The fourth-order valence-electron chi connectivity index (χ4n) is 1.62. The van der Waals surface area contributed by atoms with Crippen LogP contribution in [-0.4, -0.2) is 11.5 Å². The maximum absolute atomic E-state index is 5.85. The first-order valence-electron chi connectivity index (χ1n) is 6.23. The van der Waals surface area contributed by atoms with E-state index in [1.165, 1.54) is 0 Å². The SMILES string of the molecule is CCCNc1cc(Oc2ccccc2C)ccn1.